The third-order valence-corrected chi connectivity index (χ3v) is 7.14. The molecular formula is C25H16N4O4S2. The van der Waals surface area contributed by atoms with Gasteiger partial charge in [-0.15, -0.1) is 11.3 Å². The molecule has 10 heteroatoms. The minimum absolute atomic E-state index is 0.0147. The van der Waals surface area contributed by atoms with Crippen molar-refractivity contribution < 1.29 is 12.8 Å². The molecule has 35 heavy (non-hydrogen) atoms. The zero-order chi connectivity index (χ0) is 24.6. The van der Waals surface area contributed by atoms with Crippen LogP contribution in [0.2, 0.25) is 0 Å². The first-order valence-corrected chi connectivity index (χ1v) is 12.7. The maximum absolute atomic E-state index is 12.7. The van der Waals surface area contributed by atoms with E-state index in [9.17, 15) is 18.5 Å². The van der Waals surface area contributed by atoms with E-state index in [2.05, 4.69) is 16.4 Å². The number of primary sulfonamides is 1. The smallest absolute Gasteiger partial charge is 0.345 e. The predicted octanol–water partition coefficient (Wildman–Crippen LogP) is 4.69. The molecule has 172 valence electrons. The summed E-state index contributed by atoms with van der Waals surface area (Å²) in [5.74, 6) is 0. The highest BCUT2D eigenvalue weighted by Gasteiger charge is 2.15. The lowest BCUT2D eigenvalue weighted by Crippen LogP contribution is -2.11. The lowest BCUT2D eigenvalue weighted by atomic mass is 10.0. The molecule has 2 heterocycles. The predicted molar refractivity (Wildman–Crippen MR) is 136 cm³/mol. The van der Waals surface area contributed by atoms with E-state index in [1.807, 2.05) is 30.3 Å². The summed E-state index contributed by atoms with van der Waals surface area (Å²) < 4.78 is 28.3. The van der Waals surface area contributed by atoms with Gasteiger partial charge >= 0.3 is 5.63 Å². The normalized spacial score (nSPS) is 12.1. The van der Waals surface area contributed by atoms with Gasteiger partial charge in [0.1, 0.15) is 22.2 Å². The number of nitrogens with one attached hydrogen (secondary N) is 1. The summed E-state index contributed by atoms with van der Waals surface area (Å²) in [7, 11) is -3.79. The quantitative estimate of drug-likeness (QED) is 0.203. The van der Waals surface area contributed by atoms with E-state index in [1.165, 1.54) is 41.8 Å². The maximum Gasteiger partial charge on any atom is 0.345 e. The molecule has 3 N–H and O–H groups in total. The van der Waals surface area contributed by atoms with Gasteiger partial charge in [0, 0.05) is 22.7 Å². The number of hydrogen-bond acceptors (Lipinski definition) is 8. The van der Waals surface area contributed by atoms with Gasteiger partial charge in [-0.3, -0.25) is 0 Å². The van der Waals surface area contributed by atoms with E-state index in [-0.39, 0.29) is 10.5 Å². The molecule has 0 aliphatic heterocycles. The molecule has 3 aromatic carbocycles. The number of sulfonamides is 1. The fourth-order valence-corrected chi connectivity index (χ4v) is 4.91. The van der Waals surface area contributed by atoms with Crippen LogP contribution in [0, 0.1) is 11.3 Å². The number of thiazole rings is 1. The van der Waals surface area contributed by atoms with Crippen LogP contribution in [-0.2, 0) is 10.0 Å². The van der Waals surface area contributed by atoms with Crippen molar-refractivity contribution in [2.24, 2.45) is 5.14 Å². The van der Waals surface area contributed by atoms with Gasteiger partial charge in [0.05, 0.1) is 16.2 Å². The molecular weight excluding hydrogens is 484 g/mol. The van der Waals surface area contributed by atoms with Crippen molar-refractivity contribution in [1.82, 2.24) is 4.98 Å². The van der Waals surface area contributed by atoms with Crippen LogP contribution in [0.1, 0.15) is 5.01 Å². The minimum Gasteiger partial charge on any atom is -0.422 e. The Hall–Kier alpha value is -4.30. The van der Waals surface area contributed by atoms with Crippen LogP contribution in [0.4, 0.5) is 5.69 Å². The van der Waals surface area contributed by atoms with Crippen LogP contribution >= 0.6 is 11.3 Å². The Labute approximate surface area is 203 Å². The monoisotopic (exact) mass is 500 g/mol. The van der Waals surface area contributed by atoms with Crippen LogP contribution in [0.15, 0.2) is 92.4 Å². The van der Waals surface area contributed by atoms with Gasteiger partial charge in [-0.1, -0.05) is 30.3 Å². The summed E-state index contributed by atoms with van der Waals surface area (Å²) in [5.41, 5.74) is 1.49. The molecule has 0 saturated heterocycles. The number of nitriles is 1. The lowest BCUT2D eigenvalue weighted by Gasteiger charge is -2.04. The maximum atomic E-state index is 12.7. The SMILES string of the molecule is N#C/C(=C\Nc1ccc(S(N)(=O)=O)cc1)c1nc(-c2cc3c(ccc4ccccc43)oc2=O)cs1. The summed E-state index contributed by atoms with van der Waals surface area (Å²) in [4.78, 5) is 17.2. The summed E-state index contributed by atoms with van der Waals surface area (Å²) in [6.07, 6.45) is 1.46. The zero-order valence-electron chi connectivity index (χ0n) is 17.9. The Balaban J connectivity index is 1.48. The molecule has 8 nitrogen and oxygen atoms in total. The van der Waals surface area contributed by atoms with Crippen LogP contribution in [0.25, 0.3) is 38.6 Å². The second-order valence-electron chi connectivity index (χ2n) is 7.57. The van der Waals surface area contributed by atoms with Crippen molar-refractivity contribution in [3.05, 3.63) is 93.7 Å². The molecule has 0 bridgehead atoms. The number of fused-ring (bicyclic) bond motifs is 3. The molecule has 0 atom stereocenters. The Morgan fingerprint density at radius 1 is 1.09 bits per heavy atom. The summed E-state index contributed by atoms with van der Waals surface area (Å²) in [6, 6.07) is 21.1. The number of anilines is 1. The fourth-order valence-electron chi connectivity index (χ4n) is 3.61. The highest BCUT2D eigenvalue weighted by molar-refractivity contribution is 7.89. The zero-order valence-corrected chi connectivity index (χ0v) is 19.6. The number of aromatic nitrogens is 1. The highest BCUT2D eigenvalue weighted by Crippen LogP contribution is 2.30. The van der Waals surface area contributed by atoms with Crippen molar-refractivity contribution in [2.75, 3.05) is 5.32 Å². The van der Waals surface area contributed by atoms with Crippen molar-refractivity contribution >= 4 is 54.4 Å². The Kier molecular flexibility index (Phi) is 5.66. The van der Waals surface area contributed by atoms with Crippen LogP contribution in [-0.4, -0.2) is 13.4 Å². The molecule has 5 rings (SSSR count). The minimum atomic E-state index is -3.79. The fraction of sp³-hybridized carbons (Fsp3) is 0. The Morgan fingerprint density at radius 2 is 1.86 bits per heavy atom. The molecule has 5 aromatic rings. The summed E-state index contributed by atoms with van der Waals surface area (Å²) in [6.45, 7) is 0. The van der Waals surface area contributed by atoms with Crippen LogP contribution in [0.3, 0.4) is 0 Å². The van der Waals surface area contributed by atoms with E-state index >= 15 is 0 Å². The first-order valence-electron chi connectivity index (χ1n) is 10.2. The molecule has 0 radical (unpaired) electrons. The van der Waals surface area contributed by atoms with Crippen molar-refractivity contribution in [2.45, 2.75) is 4.90 Å². The molecule has 0 saturated carbocycles. The van der Waals surface area contributed by atoms with Gasteiger partial charge < -0.3 is 9.73 Å². The first-order chi connectivity index (χ1) is 16.8. The van der Waals surface area contributed by atoms with Crippen LogP contribution in [0.5, 0.6) is 0 Å². The number of nitrogens with two attached hydrogens (primary N) is 1. The standard InChI is InChI=1S/C25H16N4O4S2/c26-12-16(13-28-17-6-8-18(9-7-17)35(27,31)32)24-29-22(14-34-24)21-11-20-19-4-2-1-3-15(19)5-10-23(20)33-25(21)30/h1-11,13-14,28H,(H2,27,31,32)/b16-13+. The molecule has 0 fully saturated rings. The van der Waals surface area contributed by atoms with Crippen LogP contribution < -0.4 is 16.1 Å². The van der Waals surface area contributed by atoms with Gasteiger partial charge in [-0.05, 0) is 47.2 Å². The van der Waals surface area contributed by atoms with E-state index in [0.29, 0.717) is 27.5 Å². The third kappa shape index (κ3) is 4.43. The number of nitrogens with zero attached hydrogens (tertiary/aromatic N) is 2. The van der Waals surface area contributed by atoms with Gasteiger partial charge in [-0.2, -0.15) is 5.26 Å². The molecule has 2 aromatic heterocycles. The van der Waals surface area contributed by atoms with Gasteiger partial charge in [0.15, 0.2) is 0 Å². The first kappa shape index (κ1) is 22.5. The molecule has 0 aliphatic carbocycles. The average Bonchev–Trinajstić information content (AvgIpc) is 3.33. The number of rotatable bonds is 5. The number of allylic oxidation sites excluding steroid dienone is 1. The summed E-state index contributed by atoms with van der Waals surface area (Å²) in [5, 5.41) is 22.6. The van der Waals surface area contributed by atoms with Crippen molar-refractivity contribution in [3.63, 3.8) is 0 Å². The molecule has 0 aliphatic rings. The third-order valence-electron chi connectivity index (χ3n) is 5.34. The Bertz CT molecular complexity index is 1830. The number of benzene rings is 3. The lowest BCUT2D eigenvalue weighted by molar-refractivity contribution is 0.563. The van der Waals surface area contributed by atoms with Gasteiger partial charge in [0.25, 0.3) is 0 Å². The largest absolute Gasteiger partial charge is 0.422 e. The Morgan fingerprint density at radius 3 is 2.60 bits per heavy atom. The highest BCUT2D eigenvalue weighted by atomic mass is 32.2. The molecule has 0 spiro atoms. The second-order valence-corrected chi connectivity index (χ2v) is 9.99. The molecule has 0 unspecified atom stereocenters. The van der Waals surface area contributed by atoms with Gasteiger partial charge in [-0.25, -0.2) is 23.3 Å². The van der Waals surface area contributed by atoms with E-state index < -0.39 is 15.6 Å². The van der Waals surface area contributed by atoms with Crippen molar-refractivity contribution in [1.29, 1.82) is 5.26 Å². The van der Waals surface area contributed by atoms with E-state index in [0.717, 1.165) is 16.2 Å². The average molecular weight is 501 g/mol. The second kappa shape index (κ2) is 8.81. The summed E-state index contributed by atoms with van der Waals surface area (Å²) >= 11 is 1.22. The van der Waals surface area contributed by atoms with Crippen molar-refractivity contribution in [3.8, 4) is 17.3 Å². The molecule has 0 amide bonds. The van der Waals surface area contributed by atoms with Gasteiger partial charge in [0.2, 0.25) is 10.0 Å². The topological polar surface area (TPSA) is 139 Å². The number of hydrogen-bond donors (Lipinski definition) is 2. The van der Waals surface area contributed by atoms with E-state index in [4.69, 9.17) is 9.56 Å². The van der Waals surface area contributed by atoms with E-state index in [1.54, 1.807) is 17.5 Å².